The number of aliphatic hydroxyl groups is 12. The lowest BCUT2D eigenvalue weighted by molar-refractivity contribution is -0.391. The van der Waals surface area contributed by atoms with E-state index >= 15 is 4.79 Å². The highest BCUT2D eigenvalue weighted by Crippen LogP contribution is 2.76. The van der Waals surface area contributed by atoms with E-state index < -0.39 is 241 Å². The van der Waals surface area contributed by atoms with Gasteiger partial charge in [0.25, 0.3) is 0 Å². The first kappa shape index (κ1) is 79.3. The molecule has 0 radical (unpaired) electrons. The highest BCUT2D eigenvalue weighted by atomic mass is 16.8. The molecule has 5 heterocycles. The zero-order valence-corrected chi connectivity index (χ0v) is 59.8. The van der Waals surface area contributed by atoms with E-state index in [0.717, 1.165) is 32.0 Å². The van der Waals surface area contributed by atoms with Crippen molar-refractivity contribution < 1.29 is 152 Å². The molecule has 5 aliphatic heterocycles. The number of ether oxygens (including phenoxy) is 14. The molecule has 0 spiro atoms. The summed E-state index contributed by atoms with van der Waals surface area (Å²) in [6, 6.07) is 6.80. The van der Waals surface area contributed by atoms with Crippen molar-refractivity contribution in [1.82, 2.24) is 0 Å². The molecule has 5 saturated heterocycles. The predicted octanol–water partition coefficient (Wildman–Crippen LogP) is -0.343. The molecule has 10 aliphatic rings. The van der Waals surface area contributed by atoms with Gasteiger partial charge in [-0.1, -0.05) is 65.3 Å². The Balaban J connectivity index is 0.894. The molecule has 9 fully saturated rings. The second-order valence-electron chi connectivity index (χ2n) is 31.7. The van der Waals surface area contributed by atoms with Crippen molar-refractivity contribution in [3.05, 3.63) is 47.6 Å². The SMILES string of the molecule is COC(=O)[C@H]1O[C@@H](O[C@H]2CC[C@]3(C)[C@H]4CC=C5[C@@H]6CC(C)(C)CC[C@]6(C(=O)O[C@@H]6O[C@H](C)[C@H](OC(=O)/C=C/c7ccc(OC)cc7)[C@H](OC(C)=O)[C@H]6O[C@@H]6O[C@@H](C)[C@H](O)[C@@H](O)[C@H]6O)[C@H](O)C[C@@]5(C)[C@]4(C)CC[C@H]3[C@]2(C)C=O)[C@H](O[C@@H]2O[C@H](CO)[C@H](O)[C@H](O)[C@H]2O)[C@@H](O[C@@H]2OC[C@@H](O)[C@H](O)[C@H]2O)[C@@H]1O. The largest absolute Gasteiger partial charge is 0.497 e. The van der Waals surface area contributed by atoms with E-state index in [-0.39, 0.29) is 25.2 Å². The average Bonchev–Trinajstić information content (AvgIpc) is 0.669. The van der Waals surface area contributed by atoms with Gasteiger partial charge in [0.2, 0.25) is 6.29 Å². The summed E-state index contributed by atoms with van der Waals surface area (Å²) in [5.74, 6) is -4.55. The molecule has 1 aromatic rings. The van der Waals surface area contributed by atoms with Gasteiger partial charge in [-0.25, -0.2) is 9.59 Å². The summed E-state index contributed by atoms with van der Waals surface area (Å²) in [5, 5.41) is 134. The maximum atomic E-state index is 16.0. The molecule has 31 heteroatoms. The number of esters is 4. The lowest BCUT2D eigenvalue weighted by atomic mass is 9.33. The summed E-state index contributed by atoms with van der Waals surface area (Å²) in [7, 11) is 2.53. The third kappa shape index (κ3) is 14.2. The number of benzene rings is 1. The van der Waals surface area contributed by atoms with Crippen LogP contribution in [0.1, 0.15) is 126 Å². The van der Waals surface area contributed by atoms with Gasteiger partial charge in [-0.15, -0.1) is 0 Å². The van der Waals surface area contributed by atoms with E-state index in [0.29, 0.717) is 49.8 Å². The van der Waals surface area contributed by atoms with Crippen LogP contribution in [-0.2, 0) is 85.6 Å². The maximum absolute atomic E-state index is 16.0. The minimum atomic E-state index is -2.09. The third-order valence-electron chi connectivity index (χ3n) is 25.2. The van der Waals surface area contributed by atoms with Crippen LogP contribution in [-0.4, -0.2) is 279 Å². The van der Waals surface area contributed by atoms with Gasteiger partial charge in [0, 0.05) is 13.0 Å². The predicted molar refractivity (Wildman–Crippen MR) is 349 cm³/mol. The summed E-state index contributed by atoms with van der Waals surface area (Å²) in [4.78, 5) is 70.9. The van der Waals surface area contributed by atoms with Crippen LogP contribution in [0, 0.1) is 50.2 Å². The molecule has 1 aromatic carbocycles. The number of aliphatic hydroxyl groups excluding tert-OH is 12. The van der Waals surface area contributed by atoms with Crippen LogP contribution < -0.4 is 4.74 Å². The van der Waals surface area contributed by atoms with E-state index in [1.807, 2.05) is 0 Å². The Kier molecular flexibility index (Phi) is 23.3. The summed E-state index contributed by atoms with van der Waals surface area (Å²) in [6.07, 6.45) is -36.3. The Morgan fingerprint density at radius 1 is 0.602 bits per heavy atom. The van der Waals surface area contributed by atoms with E-state index in [2.05, 4.69) is 40.7 Å². The van der Waals surface area contributed by atoms with Gasteiger partial charge < -0.3 is 132 Å². The average molecular weight is 1470 g/mol. The molecule has 0 aromatic heterocycles. The smallest absolute Gasteiger partial charge is 0.337 e. The first-order valence-electron chi connectivity index (χ1n) is 35.6. The van der Waals surface area contributed by atoms with Gasteiger partial charge in [-0.2, -0.15) is 0 Å². The Bertz CT molecular complexity index is 3260. The van der Waals surface area contributed by atoms with Gasteiger partial charge in [-0.3, -0.25) is 9.59 Å². The van der Waals surface area contributed by atoms with Crippen LogP contribution >= 0.6 is 0 Å². The van der Waals surface area contributed by atoms with Crippen molar-refractivity contribution in [2.45, 2.75) is 280 Å². The number of fused-ring (bicyclic) bond motifs is 7. The number of rotatable bonds is 18. The summed E-state index contributed by atoms with van der Waals surface area (Å²) >= 11 is 0. The van der Waals surface area contributed by atoms with Gasteiger partial charge in [-0.05, 0) is 135 Å². The van der Waals surface area contributed by atoms with E-state index in [1.165, 1.54) is 27.0 Å². The second kappa shape index (κ2) is 30.3. The van der Waals surface area contributed by atoms with Crippen molar-refractivity contribution in [3.8, 4) is 5.75 Å². The monoisotopic (exact) mass is 1460 g/mol. The number of carbonyl (C=O) groups is 5. The minimum Gasteiger partial charge on any atom is -0.497 e. The Morgan fingerprint density at radius 2 is 1.23 bits per heavy atom. The van der Waals surface area contributed by atoms with Crippen LogP contribution in [0.25, 0.3) is 6.08 Å². The Hall–Kier alpha value is -4.79. The van der Waals surface area contributed by atoms with Crippen molar-refractivity contribution in [2.24, 2.45) is 50.2 Å². The Labute approximate surface area is 596 Å². The molecule has 578 valence electrons. The summed E-state index contributed by atoms with van der Waals surface area (Å²) in [6.45, 7) is 15.0. The molecule has 0 amide bonds. The number of hydrogen-bond donors (Lipinski definition) is 12. The fraction of sp³-hybridized carbons (Fsp3) is 0.792. The van der Waals surface area contributed by atoms with Gasteiger partial charge >= 0.3 is 23.9 Å². The molecule has 0 unspecified atom stereocenters. The maximum Gasteiger partial charge on any atom is 0.337 e. The van der Waals surface area contributed by atoms with Crippen LogP contribution in [0.3, 0.4) is 0 Å². The normalized spacial score (nSPS) is 48.1. The number of aldehydes is 1. The van der Waals surface area contributed by atoms with Crippen molar-refractivity contribution in [3.63, 3.8) is 0 Å². The highest BCUT2D eigenvalue weighted by molar-refractivity contribution is 5.87. The fourth-order valence-corrected chi connectivity index (χ4v) is 19.1. The number of allylic oxidation sites excluding steroid dienone is 2. The van der Waals surface area contributed by atoms with Crippen LogP contribution in [0.5, 0.6) is 5.75 Å². The molecule has 4 saturated carbocycles. The van der Waals surface area contributed by atoms with Gasteiger partial charge in [0.15, 0.2) is 49.6 Å². The summed E-state index contributed by atoms with van der Waals surface area (Å²) in [5.41, 5.74) is -4.07. The van der Waals surface area contributed by atoms with Crippen molar-refractivity contribution in [1.29, 1.82) is 0 Å². The molecule has 0 bridgehead atoms. The molecule has 34 atom stereocenters. The topological polar surface area (TPSA) is 457 Å². The molecular formula is C72H104O31. The second-order valence-corrected chi connectivity index (χ2v) is 31.7. The molecule has 31 nitrogen and oxygen atoms in total. The van der Waals surface area contributed by atoms with E-state index in [4.69, 9.17) is 66.3 Å². The zero-order valence-electron chi connectivity index (χ0n) is 59.8. The van der Waals surface area contributed by atoms with E-state index in [9.17, 15) is 80.5 Å². The first-order chi connectivity index (χ1) is 48.5. The Morgan fingerprint density at radius 3 is 1.87 bits per heavy atom. The van der Waals surface area contributed by atoms with Crippen LogP contribution in [0.2, 0.25) is 0 Å². The van der Waals surface area contributed by atoms with E-state index in [1.54, 1.807) is 31.2 Å². The molecule has 12 N–H and O–H groups in total. The van der Waals surface area contributed by atoms with Crippen LogP contribution in [0.15, 0.2) is 42.0 Å². The lowest BCUT2D eigenvalue weighted by Gasteiger charge is -2.71. The molecule has 5 aliphatic carbocycles. The first-order valence-corrected chi connectivity index (χ1v) is 35.6. The highest BCUT2D eigenvalue weighted by Gasteiger charge is 2.73. The molecule has 11 rings (SSSR count). The van der Waals surface area contributed by atoms with Gasteiger partial charge in [0.05, 0.1) is 57.3 Å². The number of hydrogen-bond acceptors (Lipinski definition) is 31. The third-order valence-corrected chi connectivity index (χ3v) is 25.2. The zero-order chi connectivity index (χ0) is 75.1. The molecular weight excluding hydrogens is 1360 g/mol. The van der Waals surface area contributed by atoms with Crippen LogP contribution in [0.4, 0.5) is 0 Å². The molecule has 103 heavy (non-hydrogen) atoms. The summed E-state index contributed by atoms with van der Waals surface area (Å²) < 4.78 is 84.4. The minimum absolute atomic E-state index is 0.0588. The fourth-order valence-electron chi connectivity index (χ4n) is 19.1. The number of carbonyl (C=O) groups excluding carboxylic acids is 5. The van der Waals surface area contributed by atoms with Crippen molar-refractivity contribution in [2.75, 3.05) is 27.4 Å². The lowest BCUT2D eigenvalue weighted by Crippen LogP contribution is -2.69. The number of methoxy groups -OCH3 is 2. The standard InChI is InChI=1S/C72H104O31/c1-31-45(79)48(82)51(85)62(93-31)102-59-57(95-33(3)75)54(98-44(78)19-14-34-12-15-35(90-10)16-13-34)32(2)94-64(59)103-66(89)72-25-24-67(4,5)26-37(72)36-17-18-41-68(6)22-21-43(69(7,30-74)40(68)20-23-70(41,8)71(36,9)27-42(72)77)97-65-58(101-63-52(86)49(83)47(81)39(28-73)96-63)55(53(87)56(100-65)60(88)91-11)99-61-50(84)46(80)38(76)29-92-61/h12-17,19,30-32,37-43,45-59,61-65,73,76-77,79-87H,18,20-29H2,1-11H3/b19-14+/t31-,32+,37-,38+,39+,40+,41+,42+,43-,45-,46-,47-,48+,49-,50+,51+,52+,53-,54-,55-,56-,57-,58+,59+,61-,62-,63-,64-,65+,68-,69-,70+,71+,72+/m0/s1. The quantitative estimate of drug-likeness (QED) is 0.0223. The van der Waals surface area contributed by atoms with Crippen molar-refractivity contribution >= 4 is 36.2 Å². The van der Waals surface area contributed by atoms with Gasteiger partial charge in [0.1, 0.15) is 96.8 Å².